The van der Waals surface area contributed by atoms with Crippen LogP contribution in [-0.2, 0) is 24.7 Å². The fourth-order valence-electron chi connectivity index (χ4n) is 2.36. The van der Waals surface area contributed by atoms with Crippen molar-refractivity contribution in [2.75, 3.05) is 28.4 Å². The van der Waals surface area contributed by atoms with Crippen molar-refractivity contribution in [2.24, 2.45) is 0 Å². The highest BCUT2D eigenvalue weighted by Gasteiger charge is 2.31. The molecule has 1 rings (SSSR count). The Balaban J connectivity index is 2.56. The molecule has 0 aliphatic rings. The molecule has 0 atom stereocenters. The third-order valence-corrected chi connectivity index (χ3v) is 3.59. The van der Waals surface area contributed by atoms with E-state index in [1.165, 1.54) is 0 Å². The highest BCUT2D eigenvalue weighted by Crippen LogP contribution is 2.31. The summed E-state index contributed by atoms with van der Waals surface area (Å²) in [5.41, 5.74) is 1.04. The van der Waals surface area contributed by atoms with E-state index in [1.807, 2.05) is 30.3 Å². The minimum Gasteiger partial charge on any atom is -0.356 e. The van der Waals surface area contributed by atoms with Gasteiger partial charge >= 0.3 is 0 Å². The van der Waals surface area contributed by atoms with E-state index in [-0.39, 0.29) is 6.29 Å². The van der Waals surface area contributed by atoms with Gasteiger partial charge in [-0.25, -0.2) is 0 Å². The van der Waals surface area contributed by atoms with Crippen LogP contribution in [0.4, 0.5) is 0 Å². The molecule has 1 aromatic rings. The number of rotatable bonds is 10. The van der Waals surface area contributed by atoms with Gasteiger partial charge in [-0.3, -0.25) is 0 Å². The Morgan fingerprint density at radius 2 is 1.50 bits per heavy atom. The molecule has 0 radical (unpaired) electrons. The number of hydrogen-bond acceptors (Lipinski definition) is 4. The van der Waals surface area contributed by atoms with Gasteiger partial charge in [0.05, 0.1) is 0 Å². The summed E-state index contributed by atoms with van der Waals surface area (Å²) in [4.78, 5) is 0. The van der Waals surface area contributed by atoms with Gasteiger partial charge in [0, 0.05) is 40.4 Å². The largest absolute Gasteiger partial charge is 0.356 e. The Labute approximate surface area is 122 Å². The lowest BCUT2D eigenvalue weighted by Gasteiger charge is -2.31. The standard InChI is InChI=1S/C16H26O4/c1-17-15(18-2)12-8-9-13-16(19-3,20-4)14-10-6-5-7-11-14/h5-7,10-11,15H,8-9,12-13H2,1-4H3. The lowest BCUT2D eigenvalue weighted by Crippen LogP contribution is -2.30. The second kappa shape index (κ2) is 9.08. The van der Waals surface area contributed by atoms with Crippen LogP contribution in [0.2, 0.25) is 0 Å². The van der Waals surface area contributed by atoms with Gasteiger partial charge < -0.3 is 18.9 Å². The molecule has 0 aromatic heterocycles. The van der Waals surface area contributed by atoms with Crippen molar-refractivity contribution in [2.45, 2.75) is 37.8 Å². The van der Waals surface area contributed by atoms with Crippen molar-refractivity contribution in [3.05, 3.63) is 35.9 Å². The van der Waals surface area contributed by atoms with E-state index in [9.17, 15) is 0 Å². The molecular weight excluding hydrogens is 256 g/mol. The van der Waals surface area contributed by atoms with Gasteiger partial charge in [0.25, 0.3) is 0 Å². The molecule has 0 amide bonds. The van der Waals surface area contributed by atoms with Crippen LogP contribution in [0.25, 0.3) is 0 Å². The Hall–Kier alpha value is -0.940. The molecule has 0 N–H and O–H groups in total. The summed E-state index contributed by atoms with van der Waals surface area (Å²) in [7, 11) is 6.69. The lowest BCUT2D eigenvalue weighted by atomic mass is 9.98. The van der Waals surface area contributed by atoms with Crippen LogP contribution in [0.15, 0.2) is 30.3 Å². The third-order valence-electron chi connectivity index (χ3n) is 3.59. The minimum absolute atomic E-state index is 0.133. The van der Waals surface area contributed by atoms with Gasteiger partial charge in [-0.05, 0) is 19.3 Å². The smallest absolute Gasteiger partial charge is 0.194 e. The van der Waals surface area contributed by atoms with Crippen LogP contribution in [-0.4, -0.2) is 34.7 Å². The first-order valence-electron chi connectivity index (χ1n) is 6.94. The second-order valence-electron chi connectivity index (χ2n) is 4.67. The Morgan fingerprint density at radius 3 is 2.00 bits per heavy atom. The SMILES string of the molecule is COC(CCCCC(OC)(OC)c1ccccc1)OC. The fraction of sp³-hybridized carbons (Fsp3) is 0.625. The molecule has 0 heterocycles. The average Bonchev–Trinajstić information content (AvgIpc) is 2.52. The molecule has 20 heavy (non-hydrogen) atoms. The molecule has 0 fully saturated rings. The van der Waals surface area contributed by atoms with Crippen LogP contribution in [0.5, 0.6) is 0 Å². The van der Waals surface area contributed by atoms with Gasteiger partial charge in [0.2, 0.25) is 0 Å². The quantitative estimate of drug-likeness (QED) is 0.487. The molecule has 4 nitrogen and oxygen atoms in total. The summed E-state index contributed by atoms with van der Waals surface area (Å²) in [6.45, 7) is 0. The summed E-state index contributed by atoms with van der Waals surface area (Å²) in [5.74, 6) is -0.670. The van der Waals surface area contributed by atoms with Gasteiger partial charge in [-0.1, -0.05) is 30.3 Å². The molecule has 1 aromatic carbocycles. The molecule has 114 valence electrons. The maximum atomic E-state index is 5.65. The van der Waals surface area contributed by atoms with Gasteiger partial charge in [-0.15, -0.1) is 0 Å². The zero-order chi connectivity index (χ0) is 14.8. The summed E-state index contributed by atoms with van der Waals surface area (Å²) < 4.78 is 21.7. The van der Waals surface area contributed by atoms with Crippen LogP contribution >= 0.6 is 0 Å². The highest BCUT2D eigenvalue weighted by atomic mass is 16.7. The first-order valence-corrected chi connectivity index (χ1v) is 6.94. The van der Waals surface area contributed by atoms with Crippen molar-refractivity contribution >= 4 is 0 Å². The number of unbranched alkanes of at least 4 members (excludes halogenated alkanes) is 1. The molecule has 0 bridgehead atoms. The molecule has 0 spiro atoms. The number of hydrogen-bond donors (Lipinski definition) is 0. The molecule has 4 heteroatoms. The average molecular weight is 282 g/mol. The minimum atomic E-state index is -0.670. The van der Waals surface area contributed by atoms with Gasteiger partial charge in [0.1, 0.15) is 0 Å². The fourth-order valence-corrected chi connectivity index (χ4v) is 2.36. The van der Waals surface area contributed by atoms with Crippen molar-refractivity contribution in [1.82, 2.24) is 0 Å². The zero-order valence-electron chi connectivity index (χ0n) is 12.9. The topological polar surface area (TPSA) is 36.9 Å². The van der Waals surface area contributed by atoms with Crippen LogP contribution in [0, 0.1) is 0 Å². The first kappa shape index (κ1) is 17.1. The lowest BCUT2D eigenvalue weighted by molar-refractivity contribution is -0.221. The normalized spacial score (nSPS) is 12.1. The molecule has 0 aliphatic heterocycles. The molecular formula is C16H26O4. The predicted molar refractivity (Wildman–Crippen MR) is 78.4 cm³/mol. The maximum absolute atomic E-state index is 5.65. The Kier molecular flexibility index (Phi) is 7.77. The number of benzene rings is 1. The van der Waals surface area contributed by atoms with Crippen LogP contribution < -0.4 is 0 Å². The van der Waals surface area contributed by atoms with Crippen LogP contribution in [0.1, 0.15) is 31.2 Å². The third kappa shape index (κ3) is 4.56. The molecule has 0 saturated heterocycles. The van der Waals surface area contributed by atoms with E-state index >= 15 is 0 Å². The van der Waals surface area contributed by atoms with E-state index in [1.54, 1.807) is 28.4 Å². The van der Waals surface area contributed by atoms with Crippen molar-refractivity contribution in [1.29, 1.82) is 0 Å². The Bertz CT molecular complexity index is 345. The summed E-state index contributed by atoms with van der Waals surface area (Å²) >= 11 is 0. The van der Waals surface area contributed by atoms with E-state index in [0.29, 0.717) is 0 Å². The van der Waals surface area contributed by atoms with E-state index in [2.05, 4.69) is 0 Å². The van der Waals surface area contributed by atoms with Gasteiger partial charge in [0.15, 0.2) is 12.1 Å². The van der Waals surface area contributed by atoms with Crippen molar-refractivity contribution in [3.8, 4) is 0 Å². The van der Waals surface area contributed by atoms with E-state index in [4.69, 9.17) is 18.9 Å². The number of methoxy groups -OCH3 is 4. The molecule has 0 saturated carbocycles. The molecule has 0 unspecified atom stereocenters. The van der Waals surface area contributed by atoms with Crippen molar-refractivity contribution < 1.29 is 18.9 Å². The highest BCUT2D eigenvalue weighted by molar-refractivity contribution is 5.20. The summed E-state index contributed by atoms with van der Waals surface area (Å²) in [5, 5.41) is 0. The van der Waals surface area contributed by atoms with Crippen molar-refractivity contribution in [3.63, 3.8) is 0 Å². The van der Waals surface area contributed by atoms with E-state index < -0.39 is 5.79 Å². The zero-order valence-corrected chi connectivity index (χ0v) is 12.9. The van der Waals surface area contributed by atoms with Crippen LogP contribution in [0.3, 0.4) is 0 Å². The summed E-state index contributed by atoms with van der Waals surface area (Å²) in [6, 6.07) is 10.0. The van der Waals surface area contributed by atoms with E-state index in [0.717, 1.165) is 31.2 Å². The molecule has 0 aliphatic carbocycles. The van der Waals surface area contributed by atoms with Gasteiger partial charge in [-0.2, -0.15) is 0 Å². The monoisotopic (exact) mass is 282 g/mol. The maximum Gasteiger partial charge on any atom is 0.194 e. The Morgan fingerprint density at radius 1 is 0.900 bits per heavy atom. The first-order chi connectivity index (χ1) is 9.72. The predicted octanol–water partition coefficient (Wildman–Crippen LogP) is 3.31. The number of ether oxygens (including phenoxy) is 4. The second-order valence-corrected chi connectivity index (χ2v) is 4.67. The summed E-state index contributed by atoms with van der Waals surface area (Å²) in [6.07, 6.45) is 3.49.